The molecule has 0 saturated heterocycles. The van der Waals surface area contributed by atoms with Crippen LogP contribution in [0.5, 0.6) is 0 Å². The number of carbonyl (C=O) groups excluding carboxylic acids is 1. The van der Waals surface area contributed by atoms with Gasteiger partial charge in [-0.2, -0.15) is 0 Å². The molecule has 2 aromatic rings. The van der Waals surface area contributed by atoms with Gasteiger partial charge in [0.25, 0.3) is 0 Å². The van der Waals surface area contributed by atoms with Gasteiger partial charge in [0, 0.05) is 30.5 Å². The molecule has 0 aliphatic carbocycles. The minimum absolute atomic E-state index is 0.0987. The fourth-order valence-electron chi connectivity index (χ4n) is 2.47. The minimum atomic E-state index is 0.0987. The maximum absolute atomic E-state index is 12.4. The van der Waals surface area contributed by atoms with Crippen LogP contribution in [0.4, 0.5) is 5.69 Å². The van der Waals surface area contributed by atoms with E-state index >= 15 is 0 Å². The molecule has 0 spiro atoms. The molecule has 0 atom stereocenters. The van der Waals surface area contributed by atoms with Crippen molar-refractivity contribution in [2.24, 2.45) is 0 Å². The first-order chi connectivity index (χ1) is 10.9. The molecule has 0 aliphatic heterocycles. The van der Waals surface area contributed by atoms with Gasteiger partial charge in [-0.25, -0.2) is 9.97 Å². The predicted molar refractivity (Wildman–Crippen MR) is 96.2 cm³/mol. The lowest BCUT2D eigenvalue weighted by atomic mass is 10.1. The average molecular weight is 329 g/mol. The van der Waals surface area contributed by atoms with Crippen LogP contribution < -0.4 is 4.90 Å². The van der Waals surface area contributed by atoms with Crippen molar-refractivity contribution in [2.45, 2.75) is 38.8 Å². The molecule has 1 heterocycles. The van der Waals surface area contributed by atoms with E-state index in [0.29, 0.717) is 12.8 Å². The van der Waals surface area contributed by atoms with E-state index in [-0.39, 0.29) is 5.91 Å². The lowest BCUT2D eigenvalue weighted by Crippen LogP contribution is -2.26. The smallest absolute Gasteiger partial charge is 0.227 e. The van der Waals surface area contributed by atoms with Gasteiger partial charge in [0.05, 0.1) is 0 Å². The summed E-state index contributed by atoms with van der Waals surface area (Å²) in [6.45, 7) is 6.01. The summed E-state index contributed by atoms with van der Waals surface area (Å²) in [7, 11) is 1.82. The summed E-state index contributed by atoms with van der Waals surface area (Å²) in [5.74, 6) is 0.0987. The Balaban J connectivity index is 2.05. The largest absolute Gasteiger partial charge is 0.315 e. The third-order valence-electron chi connectivity index (χ3n) is 3.97. The number of rotatable bonds is 5. The second kappa shape index (κ2) is 7.59. The molecule has 1 aromatic heterocycles. The lowest BCUT2D eigenvalue weighted by molar-refractivity contribution is -0.118. The van der Waals surface area contributed by atoms with Crippen molar-refractivity contribution in [1.29, 1.82) is 0 Å². The maximum Gasteiger partial charge on any atom is 0.227 e. The van der Waals surface area contributed by atoms with Crippen LogP contribution in [0.3, 0.4) is 0 Å². The van der Waals surface area contributed by atoms with Crippen molar-refractivity contribution < 1.29 is 4.79 Å². The van der Waals surface area contributed by atoms with Gasteiger partial charge in [-0.15, -0.1) is 0 Å². The Labute approximate surface area is 142 Å². The normalized spacial score (nSPS) is 10.7. The molecule has 4 nitrogen and oxygen atoms in total. The first kappa shape index (κ1) is 17.5. The zero-order valence-electron chi connectivity index (χ0n) is 14.4. The second-order valence-electron chi connectivity index (χ2n) is 5.65. The zero-order chi connectivity index (χ0) is 17.0. The van der Waals surface area contributed by atoms with Crippen molar-refractivity contribution >= 4 is 23.4 Å². The second-order valence-corrected chi connectivity index (χ2v) is 6.42. The molecule has 2 rings (SSSR count). The number of carbonyl (C=O) groups is 1. The summed E-state index contributed by atoms with van der Waals surface area (Å²) < 4.78 is 0. The summed E-state index contributed by atoms with van der Waals surface area (Å²) in [6, 6.07) is 7.98. The highest BCUT2D eigenvalue weighted by Crippen LogP contribution is 2.19. The highest BCUT2D eigenvalue weighted by atomic mass is 32.2. The van der Waals surface area contributed by atoms with Crippen LogP contribution in [0.15, 0.2) is 29.4 Å². The number of amides is 1. The van der Waals surface area contributed by atoms with E-state index in [2.05, 4.69) is 9.97 Å². The van der Waals surface area contributed by atoms with Crippen LogP contribution in [-0.2, 0) is 11.2 Å². The molecular weight excluding hydrogens is 306 g/mol. The Hall–Kier alpha value is -1.88. The third-order valence-corrected chi connectivity index (χ3v) is 4.51. The Morgan fingerprint density at radius 3 is 2.17 bits per heavy atom. The summed E-state index contributed by atoms with van der Waals surface area (Å²) in [4.78, 5) is 23.1. The van der Waals surface area contributed by atoms with E-state index < -0.39 is 0 Å². The topological polar surface area (TPSA) is 46.1 Å². The highest BCUT2D eigenvalue weighted by molar-refractivity contribution is 7.98. The summed E-state index contributed by atoms with van der Waals surface area (Å²) in [5.41, 5.74) is 5.11. The van der Waals surface area contributed by atoms with E-state index in [1.165, 1.54) is 17.3 Å². The molecule has 1 amide bonds. The first-order valence-electron chi connectivity index (χ1n) is 7.63. The fraction of sp³-hybridized carbons (Fsp3) is 0.389. The molecule has 0 aliphatic rings. The van der Waals surface area contributed by atoms with Crippen LogP contribution in [0, 0.1) is 20.8 Å². The number of hydrogen-bond donors (Lipinski definition) is 0. The summed E-state index contributed by atoms with van der Waals surface area (Å²) in [5, 5.41) is 0.784. The first-order valence-corrected chi connectivity index (χ1v) is 8.86. The van der Waals surface area contributed by atoms with Crippen LogP contribution in [0.2, 0.25) is 0 Å². The fourth-order valence-corrected chi connectivity index (χ4v) is 2.93. The third kappa shape index (κ3) is 4.32. The van der Waals surface area contributed by atoms with E-state index in [1.807, 2.05) is 58.3 Å². The van der Waals surface area contributed by atoms with Gasteiger partial charge in [-0.1, -0.05) is 29.5 Å². The molecule has 0 unspecified atom stereocenters. The van der Waals surface area contributed by atoms with Gasteiger partial charge in [0.1, 0.15) is 0 Å². The number of aryl methyl sites for hydroxylation is 3. The summed E-state index contributed by atoms with van der Waals surface area (Å²) >= 11 is 1.54. The van der Waals surface area contributed by atoms with E-state index in [9.17, 15) is 4.79 Å². The van der Waals surface area contributed by atoms with Gasteiger partial charge in [-0.3, -0.25) is 4.79 Å². The van der Waals surface area contributed by atoms with Crippen LogP contribution >= 0.6 is 11.8 Å². The van der Waals surface area contributed by atoms with E-state index in [0.717, 1.165) is 27.8 Å². The Morgan fingerprint density at radius 2 is 1.65 bits per heavy atom. The number of aromatic nitrogens is 2. The molecule has 23 heavy (non-hydrogen) atoms. The van der Waals surface area contributed by atoms with Gasteiger partial charge < -0.3 is 4.90 Å². The Bertz CT molecular complexity index is 675. The lowest BCUT2D eigenvalue weighted by Gasteiger charge is -2.18. The van der Waals surface area contributed by atoms with E-state index in [1.54, 1.807) is 4.90 Å². The molecule has 0 fully saturated rings. The van der Waals surface area contributed by atoms with Gasteiger partial charge in [0.15, 0.2) is 5.16 Å². The Morgan fingerprint density at radius 1 is 1.09 bits per heavy atom. The molecule has 0 N–H and O–H groups in total. The van der Waals surface area contributed by atoms with Crippen molar-refractivity contribution in [2.75, 3.05) is 18.2 Å². The predicted octanol–water partition coefficient (Wildman–Crippen LogP) is 3.72. The number of hydrogen-bond acceptors (Lipinski definition) is 4. The van der Waals surface area contributed by atoms with Gasteiger partial charge in [0.2, 0.25) is 5.91 Å². The zero-order valence-corrected chi connectivity index (χ0v) is 15.2. The number of anilines is 1. The minimum Gasteiger partial charge on any atom is -0.315 e. The molecule has 122 valence electrons. The van der Waals surface area contributed by atoms with Crippen molar-refractivity contribution in [3.8, 4) is 0 Å². The monoisotopic (exact) mass is 329 g/mol. The highest BCUT2D eigenvalue weighted by Gasteiger charge is 2.14. The average Bonchev–Trinajstić information content (AvgIpc) is 2.53. The SMILES string of the molecule is CSc1nc(C)c(CCC(=O)N(C)c2ccc(C)cc2)c(C)n1. The van der Waals surface area contributed by atoms with Crippen molar-refractivity contribution in [3.63, 3.8) is 0 Å². The quantitative estimate of drug-likeness (QED) is 0.619. The molecule has 5 heteroatoms. The standard InChI is InChI=1S/C18H23N3OS/c1-12-6-8-15(9-7-12)21(4)17(22)11-10-16-13(2)19-18(23-5)20-14(16)3/h6-9H,10-11H2,1-5H3. The summed E-state index contributed by atoms with van der Waals surface area (Å²) in [6.07, 6.45) is 3.09. The number of thioether (sulfide) groups is 1. The molecule has 0 saturated carbocycles. The van der Waals surface area contributed by atoms with E-state index in [4.69, 9.17) is 0 Å². The molecule has 0 radical (unpaired) electrons. The number of nitrogens with zero attached hydrogens (tertiary/aromatic N) is 3. The molecule has 1 aromatic carbocycles. The van der Waals surface area contributed by atoms with Crippen molar-refractivity contribution in [1.82, 2.24) is 9.97 Å². The van der Waals surface area contributed by atoms with Crippen molar-refractivity contribution in [3.05, 3.63) is 46.8 Å². The number of benzene rings is 1. The van der Waals surface area contributed by atoms with Crippen LogP contribution in [0.1, 0.15) is 28.9 Å². The molecular formula is C18H23N3OS. The van der Waals surface area contributed by atoms with Crippen LogP contribution in [-0.4, -0.2) is 29.2 Å². The maximum atomic E-state index is 12.4. The van der Waals surface area contributed by atoms with Gasteiger partial charge in [-0.05, 0) is 51.1 Å². The Kier molecular flexibility index (Phi) is 5.77. The molecule has 0 bridgehead atoms. The van der Waals surface area contributed by atoms with Gasteiger partial charge >= 0.3 is 0 Å². The van der Waals surface area contributed by atoms with Crippen LogP contribution in [0.25, 0.3) is 0 Å².